The Balaban J connectivity index is 2.38. The van der Waals surface area contributed by atoms with E-state index in [4.69, 9.17) is 5.73 Å². The van der Waals surface area contributed by atoms with E-state index in [0.29, 0.717) is 0 Å². The second-order valence-corrected chi connectivity index (χ2v) is 5.05. The van der Waals surface area contributed by atoms with Gasteiger partial charge in [-0.3, -0.25) is 0 Å². The Hall–Kier alpha value is -1.58. The van der Waals surface area contributed by atoms with Crippen LogP contribution in [-0.2, 0) is 0 Å². The van der Waals surface area contributed by atoms with Crippen LogP contribution in [0.1, 0.15) is 25.5 Å². The van der Waals surface area contributed by atoms with Gasteiger partial charge in [-0.1, -0.05) is 32.0 Å². The van der Waals surface area contributed by atoms with Crippen LogP contribution >= 0.6 is 0 Å². The number of nitrogens with two attached hydrogens (primary N) is 1. The summed E-state index contributed by atoms with van der Waals surface area (Å²) in [5.74, 6) is 0.372. The van der Waals surface area contributed by atoms with Gasteiger partial charge >= 0.3 is 0 Å². The van der Waals surface area contributed by atoms with Crippen molar-refractivity contribution in [3.63, 3.8) is 0 Å². The number of benzene rings is 2. The number of hydrogen-bond acceptors (Lipinski definition) is 3. The Labute approximate surface area is 107 Å². The van der Waals surface area contributed by atoms with Crippen molar-refractivity contribution in [3.05, 3.63) is 42.0 Å². The molecule has 0 bridgehead atoms. The molecular formula is C15H19NO2. The van der Waals surface area contributed by atoms with Crippen LogP contribution in [0.25, 0.3) is 10.8 Å². The molecule has 3 heteroatoms. The van der Waals surface area contributed by atoms with Crippen molar-refractivity contribution >= 4 is 10.8 Å². The molecular weight excluding hydrogens is 226 g/mol. The SMILES string of the molecule is CC(C)[C@@H](O)[C@@H](N)c1ccc2cc(O)ccc2c1. The van der Waals surface area contributed by atoms with Crippen LogP contribution in [0.2, 0.25) is 0 Å². The van der Waals surface area contributed by atoms with Crippen LogP contribution in [0.3, 0.4) is 0 Å². The van der Waals surface area contributed by atoms with Gasteiger partial charge < -0.3 is 15.9 Å². The minimum absolute atomic E-state index is 0.121. The molecule has 0 saturated carbocycles. The Bertz CT molecular complexity index is 551. The van der Waals surface area contributed by atoms with Gasteiger partial charge in [0.2, 0.25) is 0 Å². The van der Waals surface area contributed by atoms with Gasteiger partial charge in [-0.05, 0) is 40.5 Å². The van der Waals surface area contributed by atoms with Crippen molar-refractivity contribution in [3.8, 4) is 5.75 Å². The Kier molecular flexibility index (Phi) is 3.55. The lowest BCUT2D eigenvalue weighted by atomic mass is 9.93. The number of aliphatic hydroxyl groups excluding tert-OH is 1. The molecule has 2 rings (SSSR count). The summed E-state index contributed by atoms with van der Waals surface area (Å²) in [5, 5.41) is 21.4. The van der Waals surface area contributed by atoms with Gasteiger partial charge in [-0.25, -0.2) is 0 Å². The third-order valence-corrected chi connectivity index (χ3v) is 3.28. The molecule has 18 heavy (non-hydrogen) atoms. The third-order valence-electron chi connectivity index (χ3n) is 3.28. The van der Waals surface area contributed by atoms with E-state index < -0.39 is 6.10 Å². The fourth-order valence-corrected chi connectivity index (χ4v) is 2.07. The molecule has 0 fully saturated rings. The molecule has 0 aromatic heterocycles. The van der Waals surface area contributed by atoms with Gasteiger partial charge in [-0.2, -0.15) is 0 Å². The highest BCUT2D eigenvalue weighted by atomic mass is 16.3. The lowest BCUT2D eigenvalue weighted by Crippen LogP contribution is -2.30. The first-order valence-electron chi connectivity index (χ1n) is 6.15. The van der Waals surface area contributed by atoms with Crippen LogP contribution in [-0.4, -0.2) is 16.3 Å². The summed E-state index contributed by atoms with van der Waals surface area (Å²) in [4.78, 5) is 0. The van der Waals surface area contributed by atoms with Gasteiger partial charge in [0.1, 0.15) is 5.75 Å². The Morgan fingerprint density at radius 3 is 2.28 bits per heavy atom. The van der Waals surface area contributed by atoms with Crippen molar-refractivity contribution in [2.45, 2.75) is 26.0 Å². The number of aromatic hydroxyl groups is 1. The van der Waals surface area contributed by atoms with Crippen molar-refractivity contribution in [1.29, 1.82) is 0 Å². The molecule has 0 heterocycles. The first-order valence-corrected chi connectivity index (χ1v) is 6.15. The lowest BCUT2D eigenvalue weighted by Gasteiger charge is -2.22. The highest BCUT2D eigenvalue weighted by Crippen LogP contribution is 2.25. The number of phenolic OH excluding ortho intramolecular Hbond substituents is 1. The molecule has 96 valence electrons. The third kappa shape index (κ3) is 2.47. The molecule has 0 aliphatic heterocycles. The monoisotopic (exact) mass is 245 g/mol. The van der Waals surface area contributed by atoms with E-state index in [9.17, 15) is 10.2 Å². The molecule has 4 N–H and O–H groups in total. The summed E-state index contributed by atoms with van der Waals surface area (Å²) in [6.07, 6.45) is -0.556. The van der Waals surface area contributed by atoms with E-state index in [0.717, 1.165) is 16.3 Å². The predicted octanol–water partition coefficient (Wildman–Crippen LogP) is 2.56. The average Bonchev–Trinajstić information content (AvgIpc) is 2.36. The number of phenols is 1. The maximum absolute atomic E-state index is 10.00. The maximum Gasteiger partial charge on any atom is 0.116 e. The molecule has 0 unspecified atom stereocenters. The standard InChI is InChI=1S/C15H19NO2/c1-9(2)15(18)14(16)12-4-3-11-8-13(17)6-5-10(11)7-12/h3-9,14-15,17-18H,16H2,1-2H3/t14-,15+/m0/s1. The van der Waals surface area contributed by atoms with E-state index in [1.54, 1.807) is 12.1 Å². The molecule has 2 atom stereocenters. The van der Waals surface area contributed by atoms with Crippen LogP contribution < -0.4 is 5.73 Å². The zero-order valence-corrected chi connectivity index (χ0v) is 10.7. The summed E-state index contributed by atoms with van der Waals surface area (Å²) >= 11 is 0. The van der Waals surface area contributed by atoms with Gasteiger partial charge in [0, 0.05) is 0 Å². The minimum Gasteiger partial charge on any atom is -0.508 e. The molecule has 2 aromatic carbocycles. The van der Waals surface area contributed by atoms with Gasteiger partial charge in [0.15, 0.2) is 0 Å². The van der Waals surface area contributed by atoms with Gasteiger partial charge in [-0.15, -0.1) is 0 Å². The van der Waals surface area contributed by atoms with Gasteiger partial charge in [0.25, 0.3) is 0 Å². The zero-order valence-electron chi connectivity index (χ0n) is 10.7. The fraction of sp³-hybridized carbons (Fsp3) is 0.333. The second-order valence-electron chi connectivity index (χ2n) is 5.05. The Morgan fingerprint density at radius 1 is 1.00 bits per heavy atom. The largest absolute Gasteiger partial charge is 0.508 e. The highest BCUT2D eigenvalue weighted by Gasteiger charge is 2.20. The lowest BCUT2D eigenvalue weighted by molar-refractivity contribution is 0.0980. The predicted molar refractivity (Wildman–Crippen MR) is 73.4 cm³/mol. The number of hydrogen-bond donors (Lipinski definition) is 3. The average molecular weight is 245 g/mol. The zero-order chi connectivity index (χ0) is 13.3. The van der Waals surface area contributed by atoms with E-state index >= 15 is 0 Å². The topological polar surface area (TPSA) is 66.5 Å². The van der Waals surface area contributed by atoms with E-state index in [1.807, 2.05) is 38.1 Å². The summed E-state index contributed by atoms with van der Waals surface area (Å²) in [5.41, 5.74) is 6.97. The quantitative estimate of drug-likeness (QED) is 0.778. The van der Waals surface area contributed by atoms with Crippen LogP contribution in [0, 0.1) is 5.92 Å². The summed E-state index contributed by atoms with van der Waals surface area (Å²) in [6.45, 7) is 3.90. The summed E-state index contributed by atoms with van der Waals surface area (Å²) in [7, 11) is 0. The van der Waals surface area contributed by atoms with Gasteiger partial charge in [0.05, 0.1) is 12.1 Å². The Morgan fingerprint density at radius 2 is 1.61 bits per heavy atom. The van der Waals surface area contributed by atoms with Crippen molar-refractivity contribution in [2.75, 3.05) is 0 Å². The number of rotatable bonds is 3. The first-order chi connectivity index (χ1) is 8.49. The van der Waals surface area contributed by atoms with E-state index in [1.165, 1.54) is 0 Å². The molecule has 2 aromatic rings. The number of fused-ring (bicyclic) bond motifs is 1. The smallest absolute Gasteiger partial charge is 0.116 e. The molecule has 0 aliphatic rings. The molecule has 3 nitrogen and oxygen atoms in total. The highest BCUT2D eigenvalue weighted by molar-refractivity contribution is 5.84. The maximum atomic E-state index is 10.00. The molecule has 0 amide bonds. The molecule has 0 radical (unpaired) electrons. The second kappa shape index (κ2) is 4.96. The molecule has 0 spiro atoms. The van der Waals surface area contributed by atoms with Crippen LogP contribution in [0.5, 0.6) is 5.75 Å². The minimum atomic E-state index is -0.556. The summed E-state index contributed by atoms with van der Waals surface area (Å²) in [6, 6.07) is 10.6. The normalized spacial score (nSPS) is 14.9. The van der Waals surface area contributed by atoms with Crippen molar-refractivity contribution in [1.82, 2.24) is 0 Å². The fourth-order valence-electron chi connectivity index (χ4n) is 2.07. The first kappa shape index (κ1) is 12.9. The molecule has 0 saturated heterocycles. The number of aliphatic hydroxyl groups is 1. The van der Waals surface area contributed by atoms with E-state index in [2.05, 4.69) is 0 Å². The summed E-state index contributed by atoms with van der Waals surface area (Å²) < 4.78 is 0. The van der Waals surface area contributed by atoms with Crippen molar-refractivity contribution in [2.24, 2.45) is 11.7 Å². The van der Waals surface area contributed by atoms with Crippen molar-refractivity contribution < 1.29 is 10.2 Å². The van der Waals surface area contributed by atoms with Crippen LogP contribution in [0.4, 0.5) is 0 Å². The van der Waals surface area contributed by atoms with Crippen LogP contribution in [0.15, 0.2) is 36.4 Å². The molecule has 0 aliphatic carbocycles. The van der Waals surface area contributed by atoms with E-state index in [-0.39, 0.29) is 17.7 Å².